The fraction of sp³-hybridized carbons (Fsp3) is 0.533. The first-order chi connectivity index (χ1) is 10.3. The molecule has 1 aliphatic rings. The molecule has 0 aliphatic carbocycles. The van der Waals surface area contributed by atoms with Crippen molar-refractivity contribution in [2.24, 2.45) is 5.92 Å². The molecule has 1 N–H and O–H groups in total. The van der Waals surface area contributed by atoms with E-state index in [1.165, 1.54) is 22.5 Å². The maximum absolute atomic E-state index is 12.8. The van der Waals surface area contributed by atoms with Gasteiger partial charge in [-0.2, -0.15) is 9.57 Å². The van der Waals surface area contributed by atoms with Crippen LogP contribution in [0.4, 0.5) is 0 Å². The third kappa shape index (κ3) is 3.28. The van der Waals surface area contributed by atoms with E-state index in [0.29, 0.717) is 18.9 Å². The highest BCUT2D eigenvalue weighted by Crippen LogP contribution is 2.31. The van der Waals surface area contributed by atoms with Crippen LogP contribution in [0.15, 0.2) is 23.1 Å². The molecule has 0 amide bonds. The number of hydrogen-bond donors (Lipinski definition) is 1. The quantitative estimate of drug-likeness (QED) is 0.914. The van der Waals surface area contributed by atoms with Crippen LogP contribution >= 0.6 is 11.6 Å². The number of aliphatic hydroxyl groups is 1. The number of hydrogen-bond acceptors (Lipinski definition) is 4. The summed E-state index contributed by atoms with van der Waals surface area (Å²) in [7, 11) is -3.75. The van der Waals surface area contributed by atoms with Crippen molar-refractivity contribution in [3.63, 3.8) is 0 Å². The van der Waals surface area contributed by atoms with Gasteiger partial charge in [-0.3, -0.25) is 0 Å². The predicted octanol–water partition coefficient (Wildman–Crippen LogP) is 2.38. The molecule has 0 bridgehead atoms. The molecule has 3 atom stereocenters. The van der Waals surface area contributed by atoms with Gasteiger partial charge in [0.15, 0.2) is 0 Å². The van der Waals surface area contributed by atoms with E-state index in [9.17, 15) is 13.5 Å². The number of rotatable bonds is 3. The zero-order chi connectivity index (χ0) is 16.5. The Bertz CT molecular complexity index is 697. The molecule has 0 saturated carbocycles. The Morgan fingerprint density at radius 3 is 2.73 bits per heavy atom. The van der Waals surface area contributed by atoms with Crippen molar-refractivity contribution >= 4 is 21.6 Å². The summed E-state index contributed by atoms with van der Waals surface area (Å²) in [6.07, 6.45) is 0.638. The first kappa shape index (κ1) is 17.2. The normalized spacial score (nSPS) is 24.7. The second-order valence-corrected chi connectivity index (χ2v) is 8.10. The molecule has 1 aromatic carbocycles. The highest BCUT2D eigenvalue weighted by atomic mass is 35.5. The van der Waals surface area contributed by atoms with E-state index in [-0.39, 0.29) is 15.5 Å². The Labute approximate surface area is 136 Å². The SMILES string of the molecule is C[C@@H]1CCN(S(=O)(=O)c2ccc(C#N)c(Cl)c2)[C@H]([C@H](C)O)C1. The molecule has 7 heteroatoms. The summed E-state index contributed by atoms with van der Waals surface area (Å²) in [5, 5.41) is 18.9. The van der Waals surface area contributed by atoms with Crippen molar-refractivity contribution in [2.75, 3.05) is 6.54 Å². The largest absolute Gasteiger partial charge is 0.392 e. The van der Waals surface area contributed by atoms with E-state index < -0.39 is 22.2 Å². The van der Waals surface area contributed by atoms with Gasteiger partial charge in [0.25, 0.3) is 0 Å². The molecule has 1 aromatic rings. The molecule has 1 fully saturated rings. The molecule has 5 nitrogen and oxygen atoms in total. The van der Waals surface area contributed by atoms with Gasteiger partial charge in [-0.25, -0.2) is 8.42 Å². The monoisotopic (exact) mass is 342 g/mol. The Hall–Kier alpha value is -1.13. The predicted molar refractivity (Wildman–Crippen MR) is 83.9 cm³/mol. The highest BCUT2D eigenvalue weighted by molar-refractivity contribution is 7.89. The summed E-state index contributed by atoms with van der Waals surface area (Å²) in [6.45, 7) is 4.03. The first-order valence-electron chi connectivity index (χ1n) is 7.17. The van der Waals surface area contributed by atoms with Crippen LogP contribution in [0.3, 0.4) is 0 Å². The second-order valence-electron chi connectivity index (χ2n) is 5.81. The molecule has 0 unspecified atom stereocenters. The summed E-state index contributed by atoms with van der Waals surface area (Å²) in [4.78, 5) is 0.0525. The molecule has 22 heavy (non-hydrogen) atoms. The molecule has 2 rings (SSSR count). The number of nitrogens with zero attached hydrogens (tertiary/aromatic N) is 2. The molecular formula is C15H19ClN2O3S. The fourth-order valence-electron chi connectivity index (χ4n) is 2.78. The maximum Gasteiger partial charge on any atom is 0.243 e. The number of piperidine rings is 1. The topological polar surface area (TPSA) is 81.4 Å². The minimum absolute atomic E-state index is 0.0525. The van der Waals surface area contributed by atoms with Crippen molar-refractivity contribution in [3.05, 3.63) is 28.8 Å². The minimum atomic E-state index is -3.75. The molecule has 1 aliphatic heterocycles. The van der Waals surface area contributed by atoms with E-state index in [4.69, 9.17) is 16.9 Å². The summed E-state index contributed by atoms with van der Waals surface area (Å²) in [5.41, 5.74) is 0.236. The van der Waals surface area contributed by atoms with Crippen LogP contribution in [0.1, 0.15) is 32.3 Å². The lowest BCUT2D eigenvalue weighted by molar-refractivity contribution is 0.0676. The Kier molecular flexibility index (Phi) is 5.13. The zero-order valence-electron chi connectivity index (χ0n) is 12.5. The lowest BCUT2D eigenvalue weighted by atomic mass is 9.92. The zero-order valence-corrected chi connectivity index (χ0v) is 14.1. The number of sulfonamides is 1. The Morgan fingerprint density at radius 1 is 1.50 bits per heavy atom. The number of benzene rings is 1. The van der Waals surface area contributed by atoms with E-state index in [0.717, 1.165) is 6.42 Å². The average molecular weight is 343 g/mol. The molecule has 0 aromatic heterocycles. The third-order valence-electron chi connectivity index (χ3n) is 4.08. The summed E-state index contributed by atoms with van der Waals surface area (Å²) in [5.74, 6) is 0.371. The summed E-state index contributed by atoms with van der Waals surface area (Å²) >= 11 is 5.94. The van der Waals surface area contributed by atoms with Crippen LogP contribution in [-0.2, 0) is 10.0 Å². The van der Waals surface area contributed by atoms with Crippen molar-refractivity contribution in [3.8, 4) is 6.07 Å². The van der Waals surface area contributed by atoms with Crippen molar-refractivity contribution in [2.45, 2.75) is 43.7 Å². The van der Waals surface area contributed by atoms with Gasteiger partial charge >= 0.3 is 0 Å². The van der Waals surface area contributed by atoms with Crippen LogP contribution < -0.4 is 0 Å². The maximum atomic E-state index is 12.8. The van der Waals surface area contributed by atoms with Gasteiger partial charge in [0.05, 0.1) is 27.6 Å². The van der Waals surface area contributed by atoms with E-state index >= 15 is 0 Å². The Balaban J connectivity index is 2.40. The highest BCUT2D eigenvalue weighted by Gasteiger charge is 2.38. The van der Waals surface area contributed by atoms with Gasteiger partial charge in [-0.05, 0) is 43.9 Å². The molecule has 0 radical (unpaired) electrons. The molecule has 1 saturated heterocycles. The molecule has 120 valence electrons. The van der Waals surface area contributed by atoms with Crippen LogP contribution in [0.25, 0.3) is 0 Å². The first-order valence-corrected chi connectivity index (χ1v) is 8.98. The van der Waals surface area contributed by atoms with E-state index in [2.05, 4.69) is 6.92 Å². The van der Waals surface area contributed by atoms with Gasteiger partial charge in [0.1, 0.15) is 6.07 Å². The van der Waals surface area contributed by atoms with E-state index in [1.807, 2.05) is 6.07 Å². The Morgan fingerprint density at radius 2 is 2.18 bits per heavy atom. The smallest absolute Gasteiger partial charge is 0.243 e. The molecular weight excluding hydrogens is 324 g/mol. The van der Waals surface area contributed by atoms with Gasteiger partial charge < -0.3 is 5.11 Å². The van der Waals surface area contributed by atoms with Gasteiger partial charge in [0, 0.05) is 6.54 Å². The van der Waals surface area contributed by atoms with Crippen LogP contribution in [0, 0.1) is 17.2 Å². The lowest BCUT2D eigenvalue weighted by Gasteiger charge is -2.39. The summed E-state index contributed by atoms with van der Waals surface area (Å²) < 4.78 is 27.0. The standard InChI is InChI=1S/C15H19ClN2O3S/c1-10-5-6-18(15(7-10)11(2)19)22(20,21)13-4-3-12(9-17)14(16)8-13/h3-4,8,10-11,15,19H,5-7H2,1-2H3/t10-,11+,15+/m1/s1. The second kappa shape index (κ2) is 6.55. The van der Waals surface area contributed by atoms with Crippen LogP contribution in [-0.4, -0.2) is 36.5 Å². The minimum Gasteiger partial charge on any atom is -0.392 e. The third-order valence-corrected chi connectivity index (χ3v) is 6.31. The van der Waals surface area contributed by atoms with Crippen molar-refractivity contribution < 1.29 is 13.5 Å². The van der Waals surface area contributed by atoms with Crippen LogP contribution in [0.2, 0.25) is 5.02 Å². The number of nitriles is 1. The number of aliphatic hydroxyl groups excluding tert-OH is 1. The molecule has 0 spiro atoms. The van der Waals surface area contributed by atoms with Gasteiger partial charge in [-0.1, -0.05) is 18.5 Å². The van der Waals surface area contributed by atoms with Crippen molar-refractivity contribution in [1.82, 2.24) is 4.31 Å². The average Bonchev–Trinajstić information content (AvgIpc) is 2.46. The van der Waals surface area contributed by atoms with Gasteiger partial charge in [-0.15, -0.1) is 0 Å². The van der Waals surface area contributed by atoms with E-state index in [1.54, 1.807) is 6.92 Å². The van der Waals surface area contributed by atoms with Crippen molar-refractivity contribution in [1.29, 1.82) is 5.26 Å². The molecule has 1 heterocycles. The van der Waals surface area contributed by atoms with Gasteiger partial charge in [0.2, 0.25) is 10.0 Å². The summed E-state index contributed by atoms with van der Waals surface area (Å²) in [6, 6.07) is 5.55. The van der Waals surface area contributed by atoms with Crippen LogP contribution in [0.5, 0.6) is 0 Å². The number of halogens is 1. The fourth-order valence-corrected chi connectivity index (χ4v) is 4.81. The lowest BCUT2D eigenvalue weighted by Crippen LogP contribution is -2.50.